The zero-order valence-electron chi connectivity index (χ0n) is 12.1. The van der Waals surface area contributed by atoms with E-state index in [1.807, 2.05) is 13.0 Å². The van der Waals surface area contributed by atoms with E-state index in [2.05, 4.69) is 24.1 Å². The third-order valence-electron chi connectivity index (χ3n) is 4.20. The van der Waals surface area contributed by atoms with Crippen LogP contribution in [0.15, 0.2) is 18.2 Å². The lowest BCUT2D eigenvalue weighted by atomic mass is 9.89. The predicted molar refractivity (Wildman–Crippen MR) is 82.0 cm³/mol. The normalized spacial score (nSPS) is 16.3. The summed E-state index contributed by atoms with van der Waals surface area (Å²) in [6.45, 7) is 3.16. The molecule has 1 saturated carbocycles. The topological polar surface area (TPSA) is 53.1 Å². The van der Waals surface area contributed by atoms with Crippen molar-refractivity contribution < 1.29 is 0 Å². The van der Waals surface area contributed by atoms with Crippen LogP contribution in [0.2, 0.25) is 0 Å². The van der Waals surface area contributed by atoms with Crippen LogP contribution in [0.3, 0.4) is 0 Å². The van der Waals surface area contributed by atoms with Gasteiger partial charge in [0.1, 0.15) is 5.84 Å². The molecule has 0 saturated heterocycles. The van der Waals surface area contributed by atoms with Crippen molar-refractivity contribution in [2.45, 2.75) is 39.0 Å². The minimum Gasteiger partial charge on any atom is -0.384 e. The summed E-state index contributed by atoms with van der Waals surface area (Å²) in [6, 6.07) is 6.18. The third kappa shape index (κ3) is 3.49. The van der Waals surface area contributed by atoms with Crippen LogP contribution in [0.1, 0.15) is 43.2 Å². The van der Waals surface area contributed by atoms with Crippen molar-refractivity contribution >= 4 is 11.5 Å². The summed E-state index contributed by atoms with van der Waals surface area (Å²) in [5.41, 5.74) is 8.72. The Morgan fingerprint density at radius 3 is 2.58 bits per heavy atom. The molecule has 2 rings (SSSR count). The number of nitrogens with two attached hydrogens (primary N) is 1. The second kappa shape index (κ2) is 6.09. The van der Waals surface area contributed by atoms with E-state index in [1.165, 1.54) is 37.8 Å². The molecular formula is C16H25N3. The van der Waals surface area contributed by atoms with E-state index in [9.17, 15) is 0 Å². The van der Waals surface area contributed by atoms with Gasteiger partial charge in [0.25, 0.3) is 0 Å². The zero-order valence-corrected chi connectivity index (χ0v) is 12.1. The molecule has 0 aliphatic heterocycles. The first-order valence-corrected chi connectivity index (χ1v) is 7.24. The van der Waals surface area contributed by atoms with Gasteiger partial charge in [-0.2, -0.15) is 0 Å². The first-order chi connectivity index (χ1) is 9.08. The van der Waals surface area contributed by atoms with Crippen molar-refractivity contribution in [2.24, 2.45) is 11.7 Å². The molecule has 0 aromatic heterocycles. The summed E-state index contributed by atoms with van der Waals surface area (Å²) >= 11 is 0. The molecule has 1 aliphatic carbocycles. The SMILES string of the molecule is Cc1cc(N(C)CC2CCCCC2)ccc1C(=N)N. The summed E-state index contributed by atoms with van der Waals surface area (Å²) in [5, 5.41) is 7.52. The molecule has 1 aromatic rings. The molecular weight excluding hydrogens is 234 g/mol. The van der Waals surface area contributed by atoms with Crippen molar-refractivity contribution in [2.75, 3.05) is 18.5 Å². The minimum absolute atomic E-state index is 0.152. The highest BCUT2D eigenvalue weighted by Crippen LogP contribution is 2.26. The summed E-state index contributed by atoms with van der Waals surface area (Å²) in [7, 11) is 2.16. The largest absolute Gasteiger partial charge is 0.384 e. The van der Waals surface area contributed by atoms with Crippen LogP contribution in [0.4, 0.5) is 5.69 Å². The van der Waals surface area contributed by atoms with Crippen LogP contribution < -0.4 is 10.6 Å². The van der Waals surface area contributed by atoms with Crippen LogP contribution in [-0.2, 0) is 0 Å². The fourth-order valence-corrected chi connectivity index (χ4v) is 3.05. The fourth-order valence-electron chi connectivity index (χ4n) is 3.05. The molecule has 1 aromatic carbocycles. The monoisotopic (exact) mass is 259 g/mol. The van der Waals surface area contributed by atoms with Gasteiger partial charge in [-0.25, -0.2) is 0 Å². The van der Waals surface area contributed by atoms with Crippen molar-refractivity contribution in [1.82, 2.24) is 0 Å². The van der Waals surface area contributed by atoms with E-state index in [4.69, 9.17) is 11.1 Å². The number of amidine groups is 1. The van der Waals surface area contributed by atoms with Crippen LogP contribution in [0.25, 0.3) is 0 Å². The molecule has 0 bridgehead atoms. The van der Waals surface area contributed by atoms with Gasteiger partial charge in [0.05, 0.1) is 0 Å². The molecule has 1 fully saturated rings. The molecule has 3 N–H and O–H groups in total. The smallest absolute Gasteiger partial charge is 0.123 e. The maximum Gasteiger partial charge on any atom is 0.123 e. The van der Waals surface area contributed by atoms with E-state index >= 15 is 0 Å². The summed E-state index contributed by atoms with van der Waals surface area (Å²) in [5.74, 6) is 0.991. The Kier molecular flexibility index (Phi) is 4.46. The molecule has 0 atom stereocenters. The first kappa shape index (κ1) is 13.9. The van der Waals surface area contributed by atoms with Gasteiger partial charge in [0.2, 0.25) is 0 Å². The Morgan fingerprint density at radius 1 is 1.32 bits per heavy atom. The summed E-state index contributed by atoms with van der Waals surface area (Å²) in [6.07, 6.45) is 6.93. The number of anilines is 1. The number of aryl methyl sites for hydroxylation is 1. The van der Waals surface area contributed by atoms with Gasteiger partial charge < -0.3 is 10.6 Å². The number of nitrogens with zero attached hydrogens (tertiary/aromatic N) is 1. The summed E-state index contributed by atoms with van der Waals surface area (Å²) < 4.78 is 0. The minimum atomic E-state index is 0.152. The first-order valence-electron chi connectivity index (χ1n) is 7.24. The molecule has 0 spiro atoms. The highest BCUT2D eigenvalue weighted by atomic mass is 15.1. The molecule has 3 heteroatoms. The average molecular weight is 259 g/mol. The van der Waals surface area contributed by atoms with Gasteiger partial charge in [-0.1, -0.05) is 19.3 Å². The quantitative estimate of drug-likeness (QED) is 0.644. The fraction of sp³-hybridized carbons (Fsp3) is 0.562. The zero-order chi connectivity index (χ0) is 13.8. The average Bonchev–Trinajstić information content (AvgIpc) is 2.39. The Labute approximate surface area is 116 Å². The molecule has 0 unspecified atom stereocenters. The number of benzene rings is 1. The highest BCUT2D eigenvalue weighted by molar-refractivity contribution is 5.96. The number of hydrogen-bond donors (Lipinski definition) is 2. The molecule has 0 heterocycles. The molecule has 0 radical (unpaired) electrons. The van der Waals surface area contributed by atoms with Gasteiger partial charge in [-0.15, -0.1) is 0 Å². The Morgan fingerprint density at radius 2 is 2.00 bits per heavy atom. The highest BCUT2D eigenvalue weighted by Gasteiger charge is 2.16. The lowest BCUT2D eigenvalue weighted by Gasteiger charge is -2.28. The van der Waals surface area contributed by atoms with Crippen LogP contribution in [-0.4, -0.2) is 19.4 Å². The van der Waals surface area contributed by atoms with Crippen LogP contribution in [0, 0.1) is 18.3 Å². The van der Waals surface area contributed by atoms with Gasteiger partial charge in [-0.3, -0.25) is 5.41 Å². The van der Waals surface area contributed by atoms with Gasteiger partial charge >= 0.3 is 0 Å². The van der Waals surface area contributed by atoms with Crippen molar-refractivity contribution in [3.8, 4) is 0 Å². The van der Waals surface area contributed by atoms with Gasteiger partial charge in [-0.05, 0) is 49.4 Å². The Bertz CT molecular complexity index is 447. The molecule has 19 heavy (non-hydrogen) atoms. The van der Waals surface area contributed by atoms with Crippen molar-refractivity contribution in [3.63, 3.8) is 0 Å². The third-order valence-corrected chi connectivity index (χ3v) is 4.20. The lowest BCUT2D eigenvalue weighted by molar-refractivity contribution is 0.362. The second-order valence-electron chi connectivity index (χ2n) is 5.80. The van der Waals surface area contributed by atoms with Gasteiger partial charge in [0, 0.05) is 24.8 Å². The Hall–Kier alpha value is -1.51. The number of nitrogen functional groups attached to an aromatic ring is 1. The van der Waals surface area contributed by atoms with E-state index in [-0.39, 0.29) is 5.84 Å². The van der Waals surface area contributed by atoms with Crippen LogP contribution >= 0.6 is 0 Å². The van der Waals surface area contributed by atoms with E-state index in [1.54, 1.807) is 0 Å². The van der Waals surface area contributed by atoms with E-state index < -0.39 is 0 Å². The van der Waals surface area contributed by atoms with Crippen molar-refractivity contribution in [1.29, 1.82) is 5.41 Å². The number of rotatable bonds is 4. The lowest BCUT2D eigenvalue weighted by Crippen LogP contribution is -2.27. The molecule has 1 aliphatic rings. The van der Waals surface area contributed by atoms with Crippen molar-refractivity contribution in [3.05, 3.63) is 29.3 Å². The maximum absolute atomic E-state index is 7.52. The molecule has 104 valence electrons. The molecule has 3 nitrogen and oxygen atoms in total. The van der Waals surface area contributed by atoms with Crippen LogP contribution in [0.5, 0.6) is 0 Å². The number of hydrogen-bond acceptors (Lipinski definition) is 2. The van der Waals surface area contributed by atoms with E-state index in [0.717, 1.165) is 23.6 Å². The summed E-state index contributed by atoms with van der Waals surface area (Å²) in [4.78, 5) is 2.34. The van der Waals surface area contributed by atoms with Gasteiger partial charge in [0.15, 0.2) is 0 Å². The second-order valence-corrected chi connectivity index (χ2v) is 5.80. The Balaban J connectivity index is 2.04. The molecule has 0 amide bonds. The predicted octanol–water partition coefficient (Wildman–Crippen LogP) is 3.30. The maximum atomic E-state index is 7.52. The van der Waals surface area contributed by atoms with E-state index in [0.29, 0.717) is 0 Å². The standard InChI is InChI=1S/C16H25N3/c1-12-10-14(8-9-15(12)16(17)18)19(2)11-13-6-4-3-5-7-13/h8-10,13H,3-7,11H2,1-2H3,(H3,17,18). The number of nitrogens with one attached hydrogen (secondary N) is 1.